The van der Waals surface area contributed by atoms with Gasteiger partial charge in [0.15, 0.2) is 0 Å². The first kappa shape index (κ1) is 21.9. The summed E-state index contributed by atoms with van der Waals surface area (Å²) in [6.07, 6.45) is 1.22. The number of aromatic nitrogens is 2. The molecule has 0 spiro atoms. The molecule has 1 aromatic rings. The van der Waals surface area contributed by atoms with E-state index in [1.165, 1.54) is 10.6 Å². The van der Waals surface area contributed by atoms with Crippen LogP contribution in [0.15, 0.2) is 6.07 Å². The van der Waals surface area contributed by atoms with Crippen LogP contribution in [0.5, 0.6) is 0 Å². The van der Waals surface area contributed by atoms with Crippen molar-refractivity contribution in [3.05, 3.63) is 17.6 Å². The van der Waals surface area contributed by atoms with Gasteiger partial charge < -0.3 is 9.80 Å². The SMILES string of the molecule is Cc1cc(N2CCN(CC(=O)N3CCN(S(C)(=O)=O)CC3)CC2)nc(C(C)C)n1. The molecule has 0 N–H and O–H groups in total. The van der Waals surface area contributed by atoms with Crippen molar-refractivity contribution in [3.63, 3.8) is 0 Å². The molecule has 3 heterocycles. The largest absolute Gasteiger partial charge is 0.354 e. The Bertz CT molecular complexity index is 828. The van der Waals surface area contributed by atoms with Crippen LogP contribution in [0.1, 0.15) is 31.3 Å². The van der Waals surface area contributed by atoms with Gasteiger partial charge in [0.2, 0.25) is 15.9 Å². The zero-order chi connectivity index (χ0) is 21.2. The third-order valence-electron chi connectivity index (χ3n) is 5.49. The number of piperazine rings is 2. The molecule has 1 amide bonds. The zero-order valence-electron chi connectivity index (χ0n) is 17.8. The Morgan fingerprint density at radius 3 is 2.21 bits per heavy atom. The maximum Gasteiger partial charge on any atom is 0.236 e. The number of anilines is 1. The number of sulfonamides is 1. The Balaban J connectivity index is 1.50. The fraction of sp³-hybridized carbons (Fsp3) is 0.737. The summed E-state index contributed by atoms with van der Waals surface area (Å²) >= 11 is 0. The second kappa shape index (κ2) is 8.93. The summed E-state index contributed by atoms with van der Waals surface area (Å²) < 4.78 is 24.6. The highest BCUT2D eigenvalue weighted by molar-refractivity contribution is 7.88. The number of hydrogen-bond donors (Lipinski definition) is 0. The molecular formula is C19H32N6O3S. The molecule has 0 bridgehead atoms. The number of hydrogen-bond acceptors (Lipinski definition) is 7. The number of aryl methyl sites for hydroxylation is 1. The molecule has 10 heteroatoms. The minimum Gasteiger partial charge on any atom is -0.354 e. The summed E-state index contributed by atoms with van der Waals surface area (Å²) in [5.74, 6) is 2.19. The van der Waals surface area contributed by atoms with Crippen LogP contribution in [0.3, 0.4) is 0 Å². The summed E-state index contributed by atoms with van der Waals surface area (Å²) in [6.45, 7) is 11.5. The van der Waals surface area contributed by atoms with Crippen molar-refractivity contribution in [3.8, 4) is 0 Å². The van der Waals surface area contributed by atoms with E-state index < -0.39 is 10.0 Å². The van der Waals surface area contributed by atoms with Crippen LogP contribution in [0.4, 0.5) is 5.82 Å². The van der Waals surface area contributed by atoms with E-state index in [1.807, 2.05) is 13.0 Å². The van der Waals surface area contributed by atoms with Crippen molar-refractivity contribution in [2.45, 2.75) is 26.7 Å². The first-order valence-corrected chi connectivity index (χ1v) is 12.0. The summed E-state index contributed by atoms with van der Waals surface area (Å²) in [4.78, 5) is 28.0. The molecular weight excluding hydrogens is 392 g/mol. The molecule has 0 aliphatic carbocycles. The van der Waals surface area contributed by atoms with Crippen LogP contribution in [0, 0.1) is 6.92 Å². The quantitative estimate of drug-likeness (QED) is 0.664. The Hall–Kier alpha value is -1.78. The standard InChI is InChI=1S/C19H32N6O3S/c1-15(2)19-20-16(3)13-17(21-19)23-7-5-22(6-8-23)14-18(26)24-9-11-25(12-10-24)29(4,27)28/h13,15H,5-12,14H2,1-4H3. The van der Waals surface area contributed by atoms with Crippen LogP contribution in [-0.4, -0.2) is 104 Å². The van der Waals surface area contributed by atoms with E-state index in [0.29, 0.717) is 32.7 Å². The lowest BCUT2D eigenvalue weighted by Crippen LogP contribution is -2.54. The molecule has 0 aromatic carbocycles. The van der Waals surface area contributed by atoms with E-state index in [1.54, 1.807) is 4.90 Å². The van der Waals surface area contributed by atoms with Crippen molar-refractivity contribution in [1.82, 2.24) is 24.1 Å². The highest BCUT2D eigenvalue weighted by Crippen LogP contribution is 2.19. The first-order valence-electron chi connectivity index (χ1n) is 10.2. The Morgan fingerprint density at radius 2 is 1.66 bits per heavy atom. The molecule has 2 aliphatic heterocycles. The van der Waals surface area contributed by atoms with Gasteiger partial charge in [-0.3, -0.25) is 9.69 Å². The molecule has 0 unspecified atom stereocenters. The van der Waals surface area contributed by atoms with Crippen LogP contribution in [-0.2, 0) is 14.8 Å². The van der Waals surface area contributed by atoms with E-state index in [0.717, 1.165) is 43.5 Å². The normalized spacial score (nSPS) is 19.8. The maximum absolute atomic E-state index is 12.6. The summed E-state index contributed by atoms with van der Waals surface area (Å²) in [7, 11) is -3.18. The van der Waals surface area contributed by atoms with Gasteiger partial charge in [0.25, 0.3) is 0 Å². The molecule has 2 fully saturated rings. The third kappa shape index (κ3) is 5.64. The molecule has 0 radical (unpaired) electrons. The van der Waals surface area contributed by atoms with Gasteiger partial charge in [0, 0.05) is 70.0 Å². The topological polar surface area (TPSA) is 90.0 Å². The second-order valence-corrected chi connectivity index (χ2v) is 10.2. The van der Waals surface area contributed by atoms with Gasteiger partial charge in [-0.25, -0.2) is 18.4 Å². The number of rotatable bonds is 5. The molecule has 162 valence electrons. The van der Waals surface area contributed by atoms with Gasteiger partial charge in [0.1, 0.15) is 11.6 Å². The zero-order valence-corrected chi connectivity index (χ0v) is 18.7. The third-order valence-corrected chi connectivity index (χ3v) is 6.79. The Kier molecular flexibility index (Phi) is 6.75. The molecule has 0 atom stereocenters. The summed E-state index contributed by atoms with van der Waals surface area (Å²) in [5, 5.41) is 0. The van der Waals surface area contributed by atoms with Crippen molar-refractivity contribution in [2.24, 2.45) is 0 Å². The fourth-order valence-corrected chi connectivity index (χ4v) is 4.52. The van der Waals surface area contributed by atoms with Crippen LogP contribution < -0.4 is 4.90 Å². The summed E-state index contributed by atoms with van der Waals surface area (Å²) in [5.41, 5.74) is 0.976. The lowest BCUT2D eigenvalue weighted by molar-refractivity contribution is -0.133. The van der Waals surface area contributed by atoms with E-state index in [4.69, 9.17) is 4.98 Å². The predicted octanol–water partition coefficient (Wildman–Crippen LogP) is 0.134. The van der Waals surface area contributed by atoms with Crippen molar-refractivity contribution in [1.29, 1.82) is 0 Å². The van der Waals surface area contributed by atoms with Crippen LogP contribution in [0.25, 0.3) is 0 Å². The highest BCUT2D eigenvalue weighted by Gasteiger charge is 2.28. The lowest BCUT2D eigenvalue weighted by atomic mass is 10.2. The smallest absolute Gasteiger partial charge is 0.236 e. The minimum absolute atomic E-state index is 0.0755. The maximum atomic E-state index is 12.6. The van der Waals surface area contributed by atoms with Crippen LogP contribution >= 0.6 is 0 Å². The van der Waals surface area contributed by atoms with E-state index >= 15 is 0 Å². The van der Waals surface area contributed by atoms with Gasteiger partial charge in [0.05, 0.1) is 12.8 Å². The van der Waals surface area contributed by atoms with Crippen molar-refractivity contribution >= 4 is 21.7 Å². The second-order valence-electron chi connectivity index (χ2n) is 8.19. The van der Waals surface area contributed by atoms with Crippen molar-refractivity contribution in [2.75, 3.05) is 70.1 Å². The van der Waals surface area contributed by atoms with Gasteiger partial charge >= 0.3 is 0 Å². The van der Waals surface area contributed by atoms with Crippen molar-refractivity contribution < 1.29 is 13.2 Å². The molecule has 2 saturated heterocycles. The molecule has 1 aromatic heterocycles. The number of carbonyl (C=O) groups is 1. The van der Waals surface area contributed by atoms with Gasteiger partial charge in [-0.1, -0.05) is 13.8 Å². The highest BCUT2D eigenvalue weighted by atomic mass is 32.2. The molecule has 2 aliphatic rings. The predicted molar refractivity (Wildman–Crippen MR) is 113 cm³/mol. The first-order chi connectivity index (χ1) is 13.6. The number of carbonyl (C=O) groups excluding carboxylic acids is 1. The molecule has 3 rings (SSSR count). The minimum atomic E-state index is -3.18. The van der Waals surface area contributed by atoms with Gasteiger partial charge in [-0.2, -0.15) is 4.31 Å². The van der Waals surface area contributed by atoms with Gasteiger partial charge in [-0.05, 0) is 6.92 Å². The van der Waals surface area contributed by atoms with Crippen LogP contribution in [0.2, 0.25) is 0 Å². The van der Waals surface area contributed by atoms with E-state index in [9.17, 15) is 13.2 Å². The average molecular weight is 425 g/mol. The number of nitrogens with zero attached hydrogens (tertiary/aromatic N) is 6. The number of amides is 1. The Labute approximate surface area is 173 Å². The molecule has 29 heavy (non-hydrogen) atoms. The van der Waals surface area contributed by atoms with E-state index in [-0.39, 0.29) is 11.8 Å². The molecule has 0 saturated carbocycles. The van der Waals surface area contributed by atoms with E-state index in [2.05, 4.69) is 28.6 Å². The molecule has 9 nitrogen and oxygen atoms in total. The monoisotopic (exact) mass is 424 g/mol. The average Bonchev–Trinajstić information content (AvgIpc) is 2.67. The fourth-order valence-electron chi connectivity index (χ4n) is 3.69. The Morgan fingerprint density at radius 1 is 1.03 bits per heavy atom. The van der Waals surface area contributed by atoms with Gasteiger partial charge in [-0.15, -0.1) is 0 Å². The summed E-state index contributed by atoms with van der Waals surface area (Å²) in [6, 6.07) is 2.02. The lowest BCUT2D eigenvalue weighted by Gasteiger charge is -2.37.